The van der Waals surface area contributed by atoms with Gasteiger partial charge in [-0.05, 0) is 23.8 Å². The van der Waals surface area contributed by atoms with Gasteiger partial charge in [0.15, 0.2) is 0 Å². The molecule has 0 aromatic heterocycles. The Bertz CT molecular complexity index is 570. The van der Waals surface area contributed by atoms with Crippen LogP contribution in [0.5, 0.6) is 5.75 Å². The molecule has 1 aliphatic rings. The molecular formula is C15H14BrNO. The summed E-state index contributed by atoms with van der Waals surface area (Å²) < 4.78 is 7.11. The van der Waals surface area contributed by atoms with Crippen LogP contribution in [0.4, 0.5) is 0 Å². The van der Waals surface area contributed by atoms with Gasteiger partial charge in [-0.15, -0.1) is 0 Å². The Morgan fingerprint density at radius 3 is 2.78 bits per heavy atom. The highest BCUT2D eigenvalue weighted by Crippen LogP contribution is 2.39. The van der Waals surface area contributed by atoms with Crippen LogP contribution in [0.25, 0.3) is 0 Å². The molecule has 0 aliphatic carbocycles. The van der Waals surface area contributed by atoms with E-state index >= 15 is 0 Å². The lowest BCUT2D eigenvalue weighted by molar-refractivity contribution is 0.161. The van der Waals surface area contributed by atoms with E-state index in [4.69, 9.17) is 10.5 Å². The van der Waals surface area contributed by atoms with E-state index in [0.717, 1.165) is 27.8 Å². The van der Waals surface area contributed by atoms with Gasteiger partial charge in [-0.1, -0.05) is 46.3 Å². The fourth-order valence-corrected chi connectivity index (χ4v) is 2.78. The lowest BCUT2D eigenvalue weighted by atomic mass is 9.94. The van der Waals surface area contributed by atoms with Crippen molar-refractivity contribution in [3.8, 4) is 5.75 Å². The van der Waals surface area contributed by atoms with E-state index in [1.54, 1.807) is 0 Å². The van der Waals surface area contributed by atoms with Crippen molar-refractivity contribution in [2.45, 2.75) is 18.6 Å². The normalized spacial score (nSPS) is 22.1. The Kier molecular flexibility index (Phi) is 3.10. The minimum atomic E-state index is 0.0346. The van der Waals surface area contributed by atoms with Crippen molar-refractivity contribution in [1.29, 1.82) is 0 Å². The Hall–Kier alpha value is -1.32. The van der Waals surface area contributed by atoms with Crippen molar-refractivity contribution in [2.24, 2.45) is 5.73 Å². The molecule has 0 radical (unpaired) electrons. The molecule has 0 saturated heterocycles. The van der Waals surface area contributed by atoms with E-state index in [9.17, 15) is 0 Å². The summed E-state index contributed by atoms with van der Waals surface area (Å²) in [4.78, 5) is 0. The third kappa shape index (κ3) is 2.16. The fourth-order valence-electron chi connectivity index (χ4n) is 2.36. The first kappa shape index (κ1) is 11.8. The van der Waals surface area contributed by atoms with Crippen LogP contribution in [0.2, 0.25) is 0 Å². The quantitative estimate of drug-likeness (QED) is 0.865. The van der Waals surface area contributed by atoms with E-state index < -0.39 is 0 Å². The largest absolute Gasteiger partial charge is 0.485 e. The van der Waals surface area contributed by atoms with Crippen LogP contribution in [0.15, 0.2) is 53.0 Å². The standard InChI is InChI=1S/C15H14BrNO/c16-11-5-3-4-10(8-11)15-9-13(17)12-6-1-2-7-14(12)18-15/h1-8,13,15H,9,17H2/t13-,15?/m0/s1. The second-order valence-electron chi connectivity index (χ2n) is 4.54. The zero-order chi connectivity index (χ0) is 12.5. The third-order valence-electron chi connectivity index (χ3n) is 3.28. The van der Waals surface area contributed by atoms with Crippen LogP contribution >= 0.6 is 15.9 Å². The molecule has 18 heavy (non-hydrogen) atoms. The van der Waals surface area contributed by atoms with Gasteiger partial charge in [0.25, 0.3) is 0 Å². The monoisotopic (exact) mass is 303 g/mol. The minimum Gasteiger partial charge on any atom is -0.485 e. The molecule has 0 fully saturated rings. The maximum absolute atomic E-state index is 6.22. The first-order valence-corrected chi connectivity index (χ1v) is 6.80. The number of fused-ring (bicyclic) bond motifs is 1. The highest BCUT2D eigenvalue weighted by Gasteiger charge is 2.26. The lowest BCUT2D eigenvalue weighted by Gasteiger charge is -2.30. The number of hydrogen-bond acceptors (Lipinski definition) is 2. The van der Waals surface area contributed by atoms with Gasteiger partial charge >= 0.3 is 0 Å². The Labute approximate surface area is 115 Å². The average Bonchev–Trinajstić information content (AvgIpc) is 2.39. The summed E-state index contributed by atoms with van der Waals surface area (Å²) in [7, 11) is 0. The van der Waals surface area contributed by atoms with E-state index in [-0.39, 0.29) is 12.1 Å². The zero-order valence-electron chi connectivity index (χ0n) is 9.84. The minimum absolute atomic E-state index is 0.0346. The van der Waals surface area contributed by atoms with Gasteiger partial charge in [0.2, 0.25) is 0 Å². The predicted molar refractivity (Wildman–Crippen MR) is 75.5 cm³/mol. The van der Waals surface area contributed by atoms with E-state index in [2.05, 4.69) is 28.1 Å². The van der Waals surface area contributed by atoms with Crippen LogP contribution < -0.4 is 10.5 Å². The van der Waals surface area contributed by atoms with Crippen LogP contribution in [0.1, 0.15) is 29.7 Å². The van der Waals surface area contributed by atoms with Gasteiger partial charge in [-0.25, -0.2) is 0 Å². The second kappa shape index (κ2) is 4.75. The first-order valence-electron chi connectivity index (χ1n) is 6.00. The summed E-state index contributed by atoms with van der Waals surface area (Å²) in [6.07, 6.45) is 0.848. The Morgan fingerprint density at radius 2 is 1.94 bits per heavy atom. The molecule has 2 atom stereocenters. The number of nitrogens with two attached hydrogens (primary N) is 1. The van der Waals surface area contributed by atoms with Crippen molar-refractivity contribution < 1.29 is 4.74 Å². The van der Waals surface area contributed by atoms with Gasteiger partial charge in [0.05, 0.1) is 0 Å². The smallest absolute Gasteiger partial charge is 0.126 e. The molecule has 92 valence electrons. The maximum Gasteiger partial charge on any atom is 0.126 e. The SMILES string of the molecule is N[C@H]1CC(c2cccc(Br)c2)Oc2ccccc21. The summed E-state index contributed by atoms with van der Waals surface area (Å²) in [5.41, 5.74) is 8.48. The molecule has 0 bridgehead atoms. The Morgan fingerprint density at radius 1 is 1.11 bits per heavy atom. The molecule has 0 spiro atoms. The van der Waals surface area contributed by atoms with Gasteiger partial charge in [0, 0.05) is 22.5 Å². The van der Waals surface area contributed by atoms with Crippen molar-refractivity contribution in [3.63, 3.8) is 0 Å². The molecule has 2 nitrogen and oxygen atoms in total. The topological polar surface area (TPSA) is 35.2 Å². The third-order valence-corrected chi connectivity index (χ3v) is 3.77. The highest BCUT2D eigenvalue weighted by molar-refractivity contribution is 9.10. The number of rotatable bonds is 1. The molecule has 2 aromatic rings. The summed E-state index contributed by atoms with van der Waals surface area (Å²) in [6.45, 7) is 0. The fraction of sp³-hybridized carbons (Fsp3) is 0.200. The van der Waals surface area contributed by atoms with Crippen LogP contribution in [-0.4, -0.2) is 0 Å². The van der Waals surface area contributed by atoms with Crippen LogP contribution in [-0.2, 0) is 0 Å². The molecule has 0 saturated carbocycles. The summed E-state index contributed by atoms with van der Waals surface area (Å²) in [6, 6.07) is 16.3. The summed E-state index contributed by atoms with van der Waals surface area (Å²) in [5.74, 6) is 0.904. The van der Waals surface area contributed by atoms with E-state index in [1.807, 2.05) is 36.4 Å². The van der Waals surface area contributed by atoms with Gasteiger partial charge < -0.3 is 10.5 Å². The molecule has 1 unspecified atom stereocenters. The summed E-state index contributed by atoms with van der Waals surface area (Å²) >= 11 is 3.49. The molecule has 2 aromatic carbocycles. The van der Waals surface area contributed by atoms with Gasteiger partial charge in [0.1, 0.15) is 11.9 Å². The highest BCUT2D eigenvalue weighted by atomic mass is 79.9. The molecule has 2 N–H and O–H groups in total. The second-order valence-corrected chi connectivity index (χ2v) is 5.46. The number of para-hydroxylation sites is 1. The molecule has 3 heteroatoms. The van der Waals surface area contributed by atoms with Crippen LogP contribution in [0, 0.1) is 0 Å². The Balaban J connectivity index is 1.94. The van der Waals surface area contributed by atoms with Crippen molar-refractivity contribution in [2.75, 3.05) is 0 Å². The van der Waals surface area contributed by atoms with E-state index in [0.29, 0.717) is 0 Å². The van der Waals surface area contributed by atoms with Gasteiger partial charge in [-0.2, -0.15) is 0 Å². The molecule has 3 rings (SSSR count). The molecule has 1 aliphatic heterocycles. The maximum atomic E-state index is 6.22. The number of ether oxygens (including phenoxy) is 1. The van der Waals surface area contributed by atoms with Crippen molar-refractivity contribution >= 4 is 15.9 Å². The predicted octanol–water partition coefficient (Wildman–Crippen LogP) is 3.97. The number of benzene rings is 2. The van der Waals surface area contributed by atoms with E-state index in [1.165, 1.54) is 0 Å². The molecular weight excluding hydrogens is 290 g/mol. The number of halogens is 1. The number of hydrogen-bond donors (Lipinski definition) is 1. The molecule has 1 heterocycles. The van der Waals surface area contributed by atoms with Crippen molar-refractivity contribution in [1.82, 2.24) is 0 Å². The lowest BCUT2D eigenvalue weighted by Crippen LogP contribution is -2.24. The van der Waals surface area contributed by atoms with Crippen molar-refractivity contribution in [3.05, 3.63) is 64.1 Å². The average molecular weight is 304 g/mol. The van der Waals surface area contributed by atoms with Crippen LogP contribution in [0.3, 0.4) is 0 Å². The van der Waals surface area contributed by atoms with Gasteiger partial charge in [-0.3, -0.25) is 0 Å². The zero-order valence-corrected chi connectivity index (χ0v) is 11.4. The first-order chi connectivity index (χ1) is 8.74. The summed E-state index contributed by atoms with van der Waals surface area (Å²) in [5, 5.41) is 0. The molecule has 0 amide bonds.